The molecule has 0 aliphatic rings. The number of rotatable bonds is 4. The lowest BCUT2D eigenvalue weighted by Gasteiger charge is -2.12. The number of hydrogen-bond acceptors (Lipinski definition) is 0. The molecule has 0 aliphatic carbocycles. The van der Waals surface area contributed by atoms with Crippen molar-refractivity contribution in [1.29, 1.82) is 0 Å². The van der Waals surface area contributed by atoms with Gasteiger partial charge in [-0.15, -0.1) is 0 Å². The molecule has 11 aromatic rings. The molecule has 0 fully saturated rings. The second-order valence-corrected chi connectivity index (χ2v) is 13.4. The number of benzene rings is 8. The van der Waals surface area contributed by atoms with Crippen molar-refractivity contribution in [2.75, 3.05) is 0 Å². The minimum atomic E-state index is 1.14. The fraction of sp³-hybridized carbons (Fsp3) is 0. The summed E-state index contributed by atoms with van der Waals surface area (Å²) in [6, 6.07) is 68.4. The van der Waals surface area contributed by atoms with E-state index in [9.17, 15) is 0 Å². The summed E-state index contributed by atoms with van der Waals surface area (Å²) in [6.07, 6.45) is 0. The Morgan fingerprint density at radius 3 is 1.25 bits per heavy atom. The van der Waals surface area contributed by atoms with E-state index in [1.165, 1.54) is 82.2 Å². The quantitative estimate of drug-likeness (QED) is 0.180. The monoisotopic (exact) mass is 649 g/mol. The van der Waals surface area contributed by atoms with E-state index < -0.39 is 0 Å². The van der Waals surface area contributed by atoms with Crippen molar-refractivity contribution in [3.8, 4) is 28.2 Å². The molecule has 0 bridgehead atoms. The number of nitrogens with zero attached hydrogens (tertiary/aromatic N) is 3. The Kier molecular flexibility index (Phi) is 5.96. The smallest absolute Gasteiger partial charge is 0.0547 e. The molecule has 51 heavy (non-hydrogen) atoms. The van der Waals surface area contributed by atoms with Crippen molar-refractivity contribution in [2.45, 2.75) is 0 Å². The average molecular weight is 650 g/mol. The molecule has 0 amide bonds. The summed E-state index contributed by atoms with van der Waals surface area (Å²) >= 11 is 0. The van der Waals surface area contributed by atoms with Gasteiger partial charge in [-0.05, 0) is 90.0 Å². The maximum atomic E-state index is 2.42. The summed E-state index contributed by atoms with van der Waals surface area (Å²) in [5, 5.41) is 7.58. The molecular formula is C48H31N3. The van der Waals surface area contributed by atoms with Crippen LogP contribution in [0.5, 0.6) is 0 Å². The molecule has 0 unspecified atom stereocenters. The maximum Gasteiger partial charge on any atom is 0.0547 e. The van der Waals surface area contributed by atoms with Crippen molar-refractivity contribution in [1.82, 2.24) is 13.7 Å². The lowest BCUT2D eigenvalue weighted by atomic mass is 9.98. The zero-order chi connectivity index (χ0) is 33.5. The van der Waals surface area contributed by atoms with Crippen LogP contribution in [0.4, 0.5) is 0 Å². The molecule has 0 atom stereocenters. The zero-order valence-electron chi connectivity index (χ0n) is 27.7. The first kappa shape index (κ1) is 28.0. The zero-order valence-corrected chi connectivity index (χ0v) is 27.7. The molecule has 3 heteroatoms. The topological polar surface area (TPSA) is 14.8 Å². The van der Waals surface area contributed by atoms with Crippen LogP contribution in [0.15, 0.2) is 188 Å². The van der Waals surface area contributed by atoms with Crippen molar-refractivity contribution in [2.24, 2.45) is 0 Å². The molecule has 3 nitrogen and oxygen atoms in total. The van der Waals surface area contributed by atoms with Gasteiger partial charge < -0.3 is 13.7 Å². The lowest BCUT2D eigenvalue weighted by molar-refractivity contribution is 1.14. The van der Waals surface area contributed by atoms with Crippen molar-refractivity contribution >= 4 is 65.4 Å². The Balaban J connectivity index is 1.10. The second kappa shape index (κ2) is 10.8. The predicted octanol–water partition coefficient (Wildman–Crippen LogP) is 12.6. The molecule has 3 aromatic heterocycles. The molecule has 238 valence electrons. The lowest BCUT2D eigenvalue weighted by Crippen LogP contribution is -1.97. The fourth-order valence-corrected chi connectivity index (χ4v) is 8.49. The van der Waals surface area contributed by atoms with Crippen molar-refractivity contribution in [3.05, 3.63) is 188 Å². The summed E-state index contributed by atoms with van der Waals surface area (Å²) in [7, 11) is 0. The van der Waals surface area contributed by atoms with Crippen LogP contribution in [0.1, 0.15) is 0 Å². The second-order valence-electron chi connectivity index (χ2n) is 13.4. The molecule has 0 aliphatic heterocycles. The van der Waals surface area contributed by atoms with Gasteiger partial charge in [-0.2, -0.15) is 0 Å². The Hall–Kier alpha value is -6.84. The van der Waals surface area contributed by atoms with Crippen LogP contribution in [-0.2, 0) is 0 Å². The van der Waals surface area contributed by atoms with Gasteiger partial charge in [0.15, 0.2) is 0 Å². The molecule has 0 spiro atoms. The third-order valence-corrected chi connectivity index (χ3v) is 10.6. The molecule has 0 saturated carbocycles. The maximum absolute atomic E-state index is 2.42. The Labute approximate surface area is 294 Å². The number of fused-ring (bicyclic) bond motifs is 9. The first-order valence-electron chi connectivity index (χ1n) is 17.5. The normalized spacial score (nSPS) is 11.9. The molecule has 11 rings (SSSR count). The summed E-state index contributed by atoms with van der Waals surface area (Å²) in [5.74, 6) is 0. The van der Waals surface area contributed by atoms with Crippen LogP contribution < -0.4 is 0 Å². The standard InChI is InChI=1S/C48H31N3/c1-2-13-33(14-3-1)49-44-22-10-6-17-39(44)41-31-32(25-30-46(41)49)36-19-12-24-47-48(36)40-18-7-11-23-45(40)51(47)35-28-26-34(27-29-35)50-42-20-8-4-15-37(42)38-16-5-9-21-43(38)50/h1-31H. The number of aromatic nitrogens is 3. The summed E-state index contributed by atoms with van der Waals surface area (Å²) < 4.78 is 7.18. The molecule has 0 N–H and O–H groups in total. The van der Waals surface area contributed by atoms with Crippen LogP contribution in [-0.4, -0.2) is 13.7 Å². The van der Waals surface area contributed by atoms with E-state index >= 15 is 0 Å². The summed E-state index contributed by atoms with van der Waals surface area (Å²) in [5.41, 5.74) is 13.2. The van der Waals surface area contributed by atoms with Crippen molar-refractivity contribution in [3.63, 3.8) is 0 Å². The Morgan fingerprint density at radius 2 is 0.667 bits per heavy atom. The van der Waals surface area contributed by atoms with Crippen LogP contribution >= 0.6 is 0 Å². The van der Waals surface area contributed by atoms with E-state index in [0.717, 1.165) is 11.4 Å². The van der Waals surface area contributed by atoms with Crippen LogP contribution in [0.3, 0.4) is 0 Å². The number of hydrogen-bond donors (Lipinski definition) is 0. The average Bonchev–Trinajstić information content (AvgIpc) is 3.84. The van der Waals surface area contributed by atoms with E-state index in [-0.39, 0.29) is 0 Å². The van der Waals surface area contributed by atoms with Gasteiger partial charge in [-0.1, -0.05) is 109 Å². The summed E-state index contributed by atoms with van der Waals surface area (Å²) in [4.78, 5) is 0. The molecule has 0 radical (unpaired) electrons. The highest BCUT2D eigenvalue weighted by Crippen LogP contribution is 2.41. The summed E-state index contributed by atoms with van der Waals surface area (Å²) in [6.45, 7) is 0. The van der Waals surface area contributed by atoms with Gasteiger partial charge in [-0.3, -0.25) is 0 Å². The van der Waals surface area contributed by atoms with Gasteiger partial charge >= 0.3 is 0 Å². The molecule has 0 saturated heterocycles. The van der Waals surface area contributed by atoms with E-state index in [0.29, 0.717) is 0 Å². The highest BCUT2D eigenvalue weighted by atomic mass is 15.0. The first-order valence-corrected chi connectivity index (χ1v) is 17.5. The number of para-hydroxylation sites is 5. The fourth-order valence-electron chi connectivity index (χ4n) is 8.49. The van der Waals surface area contributed by atoms with Crippen molar-refractivity contribution < 1.29 is 0 Å². The van der Waals surface area contributed by atoms with E-state index in [1.54, 1.807) is 0 Å². The van der Waals surface area contributed by atoms with E-state index in [1.807, 2.05) is 0 Å². The van der Waals surface area contributed by atoms with Gasteiger partial charge in [-0.25, -0.2) is 0 Å². The largest absolute Gasteiger partial charge is 0.309 e. The minimum absolute atomic E-state index is 1.14. The van der Waals surface area contributed by atoms with Gasteiger partial charge in [0.2, 0.25) is 0 Å². The van der Waals surface area contributed by atoms with E-state index in [4.69, 9.17) is 0 Å². The van der Waals surface area contributed by atoms with E-state index in [2.05, 4.69) is 202 Å². The van der Waals surface area contributed by atoms with Crippen LogP contribution in [0.2, 0.25) is 0 Å². The highest BCUT2D eigenvalue weighted by molar-refractivity contribution is 6.17. The van der Waals surface area contributed by atoms with Gasteiger partial charge in [0.05, 0.1) is 33.1 Å². The van der Waals surface area contributed by atoms with Crippen LogP contribution in [0.25, 0.3) is 93.6 Å². The molecule has 3 heterocycles. The van der Waals surface area contributed by atoms with Crippen LogP contribution in [0, 0.1) is 0 Å². The third kappa shape index (κ3) is 4.06. The Morgan fingerprint density at radius 1 is 0.255 bits per heavy atom. The molecular weight excluding hydrogens is 619 g/mol. The molecule has 8 aromatic carbocycles. The van der Waals surface area contributed by atoms with Gasteiger partial charge in [0, 0.05) is 49.4 Å². The van der Waals surface area contributed by atoms with Gasteiger partial charge in [0.1, 0.15) is 0 Å². The third-order valence-electron chi connectivity index (χ3n) is 10.6. The van der Waals surface area contributed by atoms with Gasteiger partial charge in [0.25, 0.3) is 0 Å². The SMILES string of the molecule is c1ccc(-n2c3ccccc3c3cc(-c4cccc5c4c4ccccc4n5-c4ccc(-n5c6ccccc6c6ccccc65)cc4)ccc32)cc1. The minimum Gasteiger partial charge on any atom is -0.309 e. The highest BCUT2D eigenvalue weighted by Gasteiger charge is 2.19. The predicted molar refractivity (Wildman–Crippen MR) is 215 cm³/mol. The first-order chi connectivity index (χ1) is 25.3. The Bertz CT molecular complexity index is 3070.